The highest BCUT2D eigenvalue weighted by Crippen LogP contribution is 2.27. The van der Waals surface area contributed by atoms with Crippen molar-refractivity contribution in [1.29, 1.82) is 0 Å². The molecule has 1 atom stereocenters. The Balaban J connectivity index is 1.82. The number of hydrogen-bond acceptors (Lipinski definition) is 5. The van der Waals surface area contributed by atoms with Gasteiger partial charge < -0.3 is 20.7 Å². The summed E-state index contributed by atoms with van der Waals surface area (Å²) in [6, 6.07) is 13.2. The molecule has 0 radical (unpaired) electrons. The first-order valence-electron chi connectivity index (χ1n) is 13.8. The Kier molecular flexibility index (Phi) is 10.9. The highest BCUT2D eigenvalue weighted by molar-refractivity contribution is 6.31. The second-order valence-corrected chi connectivity index (χ2v) is 11.4. The van der Waals surface area contributed by atoms with E-state index in [9.17, 15) is 32.3 Å². The number of alkyl halides is 3. The summed E-state index contributed by atoms with van der Waals surface area (Å²) < 4.78 is 46.6. The van der Waals surface area contributed by atoms with Gasteiger partial charge >= 0.3 is 12.1 Å². The first-order chi connectivity index (χ1) is 20.6. The zero-order valence-electron chi connectivity index (χ0n) is 25.0. The molecule has 3 rings (SSSR count). The Morgan fingerprint density at radius 2 is 1.70 bits per heavy atom. The zero-order chi connectivity index (χ0) is 32.8. The number of rotatable bonds is 12. The largest absolute Gasteiger partial charge is 0.493 e. The number of para-hydroxylation sites is 1. The van der Waals surface area contributed by atoms with Gasteiger partial charge in [0.05, 0.1) is 23.6 Å². The molecule has 3 amide bonds. The Morgan fingerprint density at radius 3 is 2.32 bits per heavy atom. The van der Waals surface area contributed by atoms with Crippen LogP contribution in [-0.4, -0.2) is 53.0 Å². The lowest BCUT2D eigenvalue weighted by Crippen LogP contribution is -2.39. The zero-order valence-corrected chi connectivity index (χ0v) is 25.7. The van der Waals surface area contributed by atoms with Crippen molar-refractivity contribution in [2.24, 2.45) is 12.5 Å². The van der Waals surface area contributed by atoms with Gasteiger partial charge in [-0.1, -0.05) is 50.6 Å². The van der Waals surface area contributed by atoms with Crippen molar-refractivity contribution in [3.8, 4) is 11.4 Å². The third-order valence-electron chi connectivity index (χ3n) is 6.72. The van der Waals surface area contributed by atoms with Crippen molar-refractivity contribution < 1.29 is 32.3 Å². The summed E-state index contributed by atoms with van der Waals surface area (Å²) in [6.07, 6.45) is -5.20. The van der Waals surface area contributed by atoms with Crippen LogP contribution in [0.5, 0.6) is 5.75 Å². The lowest BCUT2D eigenvalue weighted by Gasteiger charge is -2.25. The number of benzene rings is 2. The highest BCUT2D eigenvalue weighted by Gasteiger charge is 2.39. The van der Waals surface area contributed by atoms with Crippen molar-refractivity contribution in [3.63, 3.8) is 0 Å². The van der Waals surface area contributed by atoms with E-state index < -0.39 is 47.3 Å². The van der Waals surface area contributed by atoms with Crippen LogP contribution in [0.1, 0.15) is 56.1 Å². The van der Waals surface area contributed by atoms with Crippen LogP contribution in [0.15, 0.2) is 53.3 Å². The number of ether oxygens (including phenoxy) is 1. The Morgan fingerprint density at radius 1 is 1.05 bits per heavy atom. The summed E-state index contributed by atoms with van der Waals surface area (Å²) >= 11 is 6.06. The van der Waals surface area contributed by atoms with Gasteiger partial charge in [-0.3, -0.25) is 23.9 Å². The molecule has 0 bridgehead atoms. The fraction of sp³-hybridized carbons (Fsp3) is 0.400. The number of nitrogens with zero attached hydrogens (tertiary/aromatic N) is 2. The van der Waals surface area contributed by atoms with Gasteiger partial charge in [-0.15, -0.1) is 0 Å². The molecule has 0 fully saturated rings. The Labute approximate surface area is 257 Å². The van der Waals surface area contributed by atoms with Crippen LogP contribution >= 0.6 is 11.6 Å². The predicted octanol–water partition coefficient (Wildman–Crippen LogP) is 4.79. The monoisotopic (exact) mass is 637 g/mol. The fourth-order valence-electron chi connectivity index (χ4n) is 4.66. The van der Waals surface area contributed by atoms with Crippen LogP contribution in [0.25, 0.3) is 5.69 Å². The molecule has 2 aromatic carbocycles. The topological polar surface area (TPSA) is 123 Å². The van der Waals surface area contributed by atoms with E-state index in [2.05, 4.69) is 10.6 Å². The summed E-state index contributed by atoms with van der Waals surface area (Å²) in [5, 5.41) is 7.61. The van der Waals surface area contributed by atoms with Gasteiger partial charge in [0.2, 0.25) is 5.91 Å². The predicted molar refractivity (Wildman–Crippen MR) is 160 cm³/mol. The van der Waals surface area contributed by atoms with E-state index in [4.69, 9.17) is 16.3 Å². The van der Waals surface area contributed by atoms with Gasteiger partial charge in [-0.25, -0.2) is 4.68 Å². The van der Waals surface area contributed by atoms with E-state index >= 15 is 0 Å². The second-order valence-electron chi connectivity index (χ2n) is 11.0. The Hall–Kier alpha value is -4.26. The minimum atomic E-state index is -5.07. The third-order valence-corrected chi connectivity index (χ3v) is 6.96. The van der Waals surface area contributed by atoms with Crippen LogP contribution in [0.2, 0.25) is 5.02 Å². The molecule has 0 spiro atoms. The van der Waals surface area contributed by atoms with E-state index in [0.717, 1.165) is 0 Å². The lowest BCUT2D eigenvalue weighted by atomic mass is 9.88. The molecular formula is C30H35ClF3N5O5. The molecule has 1 heterocycles. The third kappa shape index (κ3) is 8.43. The molecule has 0 saturated carbocycles. The molecular weight excluding hydrogens is 603 g/mol. The molecule has 0 aliphatic rings. The maximum atomic E-state index is 13.6. The van der Waals surface area contributed by atoms with Crippen molar-refractivity contribution in [1.82, 2.24) is 20.0 Å². The maximum Gasteiger partial charge on any atom is 0.471 e. The number of aromatic nitrogens is 2. The van der Waals surface area contributed by atoms with Gasteiger partial charge in [-0.05, 0) is 42.7 Å². The number of nitrogens with one attached hydrogen (secondary N) is 3. The van der Waals surface area contributed by atoms with Gasteiger partial charge in [0.25, 0.3) is 11.5 Å². The summed E-state index contributed by atoms with van der Waals surface area (Å²) in [4.78, 5) is 51.2. The van der Waals surface area contributed by atoms with E-state index in [1.807, 2.05) is 5.32 Å². The highest BCUT2D eigenvalue weighted by atomic mass is 35.5. The maximum absolute atomic E-state index is 13.6. The van der Waals surface area contributed by atoms with Gasteiger partial charge in [0, 0.05) is 37.5 Å². The lowest BCUT2D eigenvalue weighted by molar-refractivity contribution is -0.173. The summed E-state index contributed by atoms with van der Waals surface area (Å²) in [5.74, 6) is -3.56. The molecule has 14 heteroatoms. The van der Waals surface area contributed by atoms with Crippen molar-refractivity contribution in [2.45, 2.75) is 46.2 Å². The van der Waals surface area contributed by atoms with Crippen LogP contribution in [0.3, 0.4) is 0 Å². The standard InChI is InChI=1S/C30H35ClF3N5O5/c1-6-44-22-13-12-19(31)14-21(22)26(41)36-17-29(3,4)15-23(40)37-24-25(18(2)16-35-28(43)30(32,33)34)38(5)39(27(24)42)20-10-8-7-9-11-20/h7-14,18H,6,15-17H2,1-5H3,(H,35,43)(H,36,41)(H,37,40). The molecule has 0 saturated heterocycles. The number of hydrogen-bond donors (Lipinski definition) is 3. The summed E-state index contributed by atoms with van der Waals surface area (Å²) in [6.45, 7) is 6.78. The van der Waals surface area contributed by atoms with Crippen molar-refractivity contribution >= 4 is 35.0 Å². The van der Waals surface area contributed by atoms with Gasteiger partial charge in [0.15, 0.2) is 0 Å². The van der Waals surface area contributed by atoms with Crippen LogP contribution in [0, 0.1) is 5.41 Å². The van der Waals surface area contributed by atoms with Crippen molar-refractivity contribution in [2.75, 3.05) is 25.0 Å². The van der Waals surface area contributed by atoms with E-state index in [1.165, 1.54) is 29.4 Å². The quantitative estimate of drug-likeness (QED) is 0.263. The Bertz CT molecular complexity index is 1570. The van der Waals surface area contributed by atoms with Gasteiger partial charge in [-0.2, -0.15) is 13.2 Å². The normalized spacial score (nSPS) is 12.4. The number of anilines is 1. The second kappa shape index (κ2) is 14.0. The average Bonchev–Trinajstić information content (AvgIpc) is 3.19. The molecule has 3 aromatic rings. The van der Waals surface area contributed by atoms with Crippen LogP contribution in [-0.2, 0) is 16.6 Å². The molecule has 44 heavy (non-hydrogen) atoms. The first kappa shape index (κ1) is 34.2. The molecule has 10 nitrogen and oxygen atoms in total. The van der Waals surface area contributed by atoms with Gasteiger partial charge in [0.1, 0.15) is 11.4 Å². The molecule has 3 N–H and O–H groups in total. The number of amides is 3. The van der Waals surface area contributed by atoms with Crippen LogP contribution in [0.4, 0.5) is 18.9 Å². The van der Waals surface area contributed by atoms with Crippen LogP contribution < -0.4 is 26.2 Å². The summed E-state index contributed by atoms with van der Waals surface area (Å²) in [5.41, 5.74) is -0.610. The first-order valence-corrected chi connectivity index (χ1v) is 14.2. The molecule has 1 unspecified atom stereocenters. The minimum absolute atomic E-state index is 0.0765. The molecule has 238 valence electrons. The SMILES string of the molecule is CCOc1ccc(Cl)cc1C(=O)NCC(C)(C)CC(=O)Nc1c(C(C)CNC(=O)C(F)(F)F)n(C)n(-c2ccccc2)c1=O. The molecule has 1 aromatic heterocycles. The molecule has 0 aliphatic carbocycles. The number of halogens is 4. The number of carbonyl (C=O) groups is 3. The smallest absolute Gasteiger partial charge is 0.471 e. The van der Waals surface area contributed by atoms with E-state index in [0.29, 0.717) is 23.1 Å². The molecule has 0 aliphatic heterocycles. The van der Waals surface area contributed by atoms with Crippen molar-refractivity contribution in [3.05, 3.63) is 75.2 Å². The average molecular weight is 638 g/mol. The minimum Gasteiger partial charge on any atom is -0.493 e. The van der Waals surface area contributed by atoms with E-state index in [1.54, 1.807) is 63.2 Å². The number of carbonyl (C=O) groups excluding carboxylic acids is 3. The fourth-order valence-corrected chi connectivity index (χ4v) is 4.84. The summed E-state index contributed by atoms with van der Waals surface area (Å²) in [7, 11) is 1.54. The van der Waals surface area contributed by atoms with E-state index in [-0.39, 0.29) is 29.9 Å².